The predicted octanol–water partition coefficient (Wildman–Crippen LogP) is 0.0748. The number of aromatic amines is 1. The lowest BCUT2D eigenvalue weighted by molar-refractivity contribution is -0.116. The Morgan fingerprint density at radius 3 is 2.62 bits per heavy atom. The average Bonchev–Trinajstić information content (AvgIpc) is 3.36. The lowest BCUT2D eigenvalue weighted by atomic mass is 10.3. The smallest absolute Gasteiger partial charge is 0.291 e. The van der Waals surface area contributed by atoms with Crippen LogP contribution in [-0.4, -0.2) is 48.4 Å². The van der Waals surface area contributed by atoms with Crippen LogP contribution in [-0.2, 0) is 18.9 Å². The zero-order valence-electron chi connectivity index (χ0n) is 15.9. The van der Waals surface area contributed by atoms with E-state index in [1.807, 2.05) is 0 Å². The highest BCUT2D eigenvalue weighted by molar-refractivity contribution is 6.03. The fourth-order valence-electron chi connectivity index (χ4n) is 2.50. The largest absolute Gasteiger partial charge is 0.369 e. The Kier molecular flexibility index (Phi) is 5.62. The van der Waals surface area contributed by atoms with Gasteiger partial charge < -0.3 is 35.8 Å². The molecule has 3 aromatic heterocycles. The van der Waals surface area contributed by atoms with E-state index in [1.165, 1.54) is 18.5 Å². The van der Waals surface area contributed by atoms with Crippen molar-refractivity contribution >= 4 is 35.2 Å². The van der Waals surface area contributed by atoms with Gasteiger partial charge in [-0.25, -0.2) is 4.98 Å². The number of nitrogens with zero attached hydrogens (tertiary/aromatic N) is 4. The number of carbonyl (C=O) groups excluding carboxylic acids is 3. The topological polar surface area (TPSA) is 165 Å². The molecule has 0 unspecified atom stereocenters. The fraction of sp³-hybridized carbons (Fsp3) is 0.235. The van der Waals surface area contributed by atoms with Crippen LogP contribution in [0.25, 0.3) is 0 Å². The van der Waals surface area contributed by atoms with Crippen molar-refractivity contribution in [3.63, 3.8) is 0 Å². The highest BCUT2D eigenvalue weighted by Crippen LogP contribution is 2.11. The molecule has 0 bridgehead atoms. The van der Waals surface area contributed by atoms with Crippen molar-refractivity contribution in [2.75, 3.05) is 22.9 Å². The van der Waals surface area contributed by atoms with Crippen molar-refractivity contribution < 1.29 is 14.4 Å². The number of nitrogens with two attached hydrogens (primary N) is 1. The molecule has 0 aliphatic carbocycles. The summed E-state index contributed by atoms with van der Waals surface area (Å²) in [5.74, 6) is -0.228. The molecule has 3 heterocycles. The maximum absolute atomic E-state index is 12.2. The van der Waals surface area contributed by atoms with Crippen LogP contribution in [0.1, 0.15) is 27.5 Å². The second-order valence-corrected chi connectivity index (χ2v) is 6.27. The third-order valence-corrected chi connectivity index (χ3v) is 4.03. The molecular formula is C17H21N9O3. The zero-order valence-corrected chi connectivity index (χ0v) is 15.9. The Labute approximate surface area is 165 Å². The van der Waals surface area contributed by atoms with Crippen molar-refractivity contribution in [1.82, 2.24) is 29.4 Å². The quantitative estimate of drug-likeness (QED) is 0.377. The number of imidazole rings is 2. The van der Waals surface area contributed by atoms with Crippen LogP contribution < -0.4 is 21.7 Å². The van der Waals surface area contributed by atoms with Gasteiger partial charge in [-0.05, 0) is 6.07 Å². The van der Waals surface area contributed by atoms with Gasteiger partial charge in [0, 0.05) is 51.8 Å². The van der Waals surface area contributed by atoms with Crippen molar-refractivity contribution in [1.29, 1.82) is 0 Å². The molecule has 29 heavy (non-hydrogen) atoms. The number of hydrogen-bond donors (Lipinski definition) is 5. The third-order valence-electron chi connectivity index (χ3n) is 4.03. The molecule has 3 rings (SSSR count). The summed E-state index contributed by atoms with van der Waals surface area (Å²) in [5.41, 5.74) is 6.27. The number of H-pyrrole nitrogens is 1. The first-order chi connectivity index (χ1) is 13.8. The molecule has 0 spiro atoms. The summed E-state index contributed by atoms with van der Waals surface area (Å²) in [6, 6.07) is 1.49. The number of anilines is 3. The summed E-state index contributed by atoms with van der Waals surface area (Å²) in [4.78, 5) is 46.9. The molecule has 3 aromatic rings. The van der Waals surface area contributed by atoms with Crippen LogP contribution in [0.5, 0.6) is 0 Å². The monoisotopic (exact) mass is 399 g/mol. The molecule has 0 fully saturated rings. The Hall–Kier alpha value is -4.09. The average molecular weight is 399 g/mol. The molecule has 0 aliphatic heterocycles. The van der Waals surface area contributed by atoms with Crippen molar-refractivity contribution in [3.05, 3.63) is 42.4 Å². The number of amides is 3. The molecule has 0 aliphatic rings. The number of carbonyl (C=O) groups is 3. The van der Waals surface area contributed by atoms with Crippen LogP contribution >= 0.6 is 0 Å². The van der Waals surface area contributed by atoms with E-state index in [-0.39, 0.29) is 36.3 Å². The van der Waals surface area contributed by atoms with Crippen LogP contribution in [0.15, 0.2) is 30.9 Å². The van der Waals surface area contributed by atoms with Gasteiger partial charge in [0.2, 0.25) is 11.9 Å². The zero-order chi connectivity index (χ0) is 21.0. The van der Waals surface area contributed by atoms with Gasteiger partial charge in [-0.15, -0.1) is 0 Å². The molecule has 3 amide bonds. The van der Waals surface area contributed by atoms with Gasteiger partial charge >= 0.3 is 0 Å². The third kappa shape index (κ3) is 4.80. The minimum atomic E-state index is -0.405. The summed E-state index contributed by atoms with van der Waals surface area (Å²) < 4.78 is 3.16. The number of nitrogens with one attached hydrogen (secondary N) is 4. The van der Waals surface area contributed by atoms with E-state index in [9.17, 15) is 14.4 Å². The summed E-state index contributed by atoms with van der Waals surface area (Å²) in [6.45, 7) is 0.126. The van der Waals surface area contributed by atoms with Crippen LogP contribution in [0.4, 0.5) is 17.5 Å². The number of aryl methyl sites for hydroxylation is 2. The molecule has 6 N–H and O–H groups in total. The lowest BCUT2D eigenvalue weighted by Crippen LogP contribution is -2.28. The predicted molar refractivity (Wildman–Crippen MR) is 105 cm³/mol. The van der Waals surface area contributed by atoms with Crippen LogP contribution in [0.2, 0.25) is 0 Å². The second-order valence-electron chi connectivity index (χ2n) is 6.27. The molecule has 12 heteroatoms. The van der Waals surface area contributed by atoms with Gasteiger partial charge in [0.1, 0.15) is 5.69 Å². The van der Waals surface area contributed by atoms with Crippen LogP contribution in [0.3, 0.4) is 0 Å². The summed E-state index contributed by atoms with van der Waals surface area (Å²) >= 11 is 0. The lowest BCUT2D eigenvalue weighted by Gasteiger charge is -2.04. The van der Waals surface area contributed by atoms with E-state index in [0.717, 1.165) is 0 Å². The first kappa shape index (κ1) is 19.7. The van der Waals surface area contributed by atoms with Gasteiger partial charge in [0.25, 0.3) is 11.8 Å². The van der Waals surface area contributed by atoms with E-state index >= 15 is 0 Å². The van der Waals surface area contributed by atoms with Gasteiger partial charge in [-0.1, -0.05) is 0 Å². The second kappa shape index (κ2) is 8.29. The summed E-state index contributed by atoms with van der Waals surface area (Å²) in [5, 5.41) is 7.87. The van der Waals surface area contributed by atoms with Gasteiger partial charge in [-0.3, -0.25) is 14.4 Å². The fourth-order valence-corrected chi connectivity index (χ4v) is 2.50. The molecule has 0 saturated carbocycles. The molecule has 12 nitrogen and oxygen atoms in total. The molecule has 0 saturated heterocycles. The molecule has 152 valence electrons. The maximum atomic E-state index is 12.2. The minimum absolute atomic E-state index is 0.0612. The number of hydrogen-bond acceptors (Lipinski definition) is 6. The highest BCUT2D eigenvalue weighted by atomic mass is 16.2. The first-order valence-electron chi connectivity index (χ1n) is 8.67. The minimum Gasteiger partial charge on any atom is -0.369 e. The van der Waals surface area contributed by atoms with E-state index in [2.05, 4.69) is 30.9 Å². The van der Waals surface area contributed by atoms with Crippen molar-refractivity contribution in [2.24, 2.45) is 14.1 Å². The van der Waals surface area contributed by atoms with Gasteiger partial charge in [0.05, 0.1) is 5.69 Å². The first-order valence-corrected chi connectivity index (χ1v) is 8.67. The van der Waals surface area contributed by atoms with Gasteiger partial charge in [0.15, 0.2) is 11.6 Å². The van der Waals surface area contributed by atoms with Crippen molar-refractivity contribution in [3.8, 4) is 0 Å². The Bertz CT molecular complexity index is 1030. The maximum Gasteiger partial charge on any atom is 0.291 e. The normalized spacial score (nSPS) is 10.6. The number of aromatic nitrogens is 5. The molecular weight excluding hydrogens is 378 g/mol. The Morgan fingerprint density at radius 1 is 1.17 bits per heavy atom. The summed E-state index contributed by atoms with van der Waals surface area (Å²) in [7, 11) is 3.42. The van der Waals surface area contributed by atoms with Crippen LogP contribution in [0, 0.1) is 0 Å². The van der Waals surface area contributed by atoms with E-state index in [0.29, 0.717) is 11.5 Å². The van der Waals surface area contributed by atoms with Gasteiger partial charge in [-0.2, -0.15) is 4.98 Å². The molecule has 0 radical (unpaired) electrons. The highest BCUT2D eigenvalue weighted by Gasteiger charge is 2.14. The standard InChI is InChI=1S/C17H21N9O3/c1-25-6-5-19-14(25)16(29)22-10-7-11(21-8-10)15(28)20-4-3-13(27)23-12-9-26(2)17(18)24-12/h5-9,21H,3-4H2,1-2H3,(H2,18,24)(H,20,28)(H,22,29)(H,23,27). The van der Waals surface area contributed by atoms with Crippen molar-refractivity contribution in [2.45, 2.75) is 6.42 Å². The SMILES string of the molecule is Cn1cc(NC(=O)CCNC(=O)c2cc(NC(=O)c3nccn3C)c[nH]2)nc1N. The molecule has 0 aromatic carbocycles. The van der Waals surface area contributed by atoms with E-state index in [1.54, 1.807) is 35.6 Å². The van der Waals surface area contributed by atoms with E-state index < -0.39 is 11.8 Å². The summed E-state index contributed by atoms with van der Waals surface area (Å²) in [6.07, 6.45) is 6.32. The number of rotatable bonds is 7. The number of nitrogen functional groups attached to an aromatic ring is 1. The Morgan fingerprint density at radius 2 is 1.97 bits per heavy atom. The van der Waals surface area contributed by atoms with E-state index in [4.69, 9.17) is 5.73 Å². The molecule has 0 atom stereocenters. The Balaban J connectivity index is 1.45.